The zero-order valence-electron chi connectivity index (χ0n) is 17.1. The van der Waals surface area contributed by atoms with E-state index in [1.54, 1.807) is 12.1 Å². The Balaban J connectivity index is 2.02. The predicted molar refractivity (Wildman–Crippen MR) is 105 cm³/mol. The summed E-state index contributed by atoms with van der Waals surface area (Å²) in [5, 5.41) is 0.885. The summed E-state index contributed by atoms with van der Waals surface area (Å²) >= 11 is 0. The number of fused-ring (bicyclic) bond motifs is 1. The van der Waals surface area contributed by atoms with E-state index in [4.69, 9.17) is 18.8 Å². The van der Waals surface area contributed by atoms with E-state index >= 15 is 0 Å². The van der Waals surface area contributed by atoms with Crippen molar-refractivity contribution in [2.45, 2.75) is 51.1 Å². The van der Waals surface area contributed by atoms with Crippen molar-refractivity contribution in [3.63, 3.8) is 0 Å². The number of rotatable bonds is 5. The Labute approximate surface area is 164 Å². The average Bonchev–Trinajstić information content (AvgIpc) is 3.15. The molecule has 150 valence electrons. The first-order valence-electron chi connectivity index (χ1n) is 9.21. The molecule has 28 heavy (non-hydrogen) atoms. The van der Waals surface area contributed by atoms with Crippen LogP contribution < -0.4 is 0 Å². The number of H-pyrrole nitrogens is 1. The molecule has 0 saturated carbocycles. The maximum absolute atomic E-state index is 12.1. The molecular formula is C20H26BNO6. The molecule has 1 aliphatic rings. The second kappa shape index (κ2) is 7.26. The van der Waals surface area contributed by atoms with Crippen LogP contribution in [0.4, 0.5) is 0 Å². The first-order chi connectivity index (χ1) is 13.1. The number of aromatic amines is 1. The Morgan fingerprint density at radius 2 is 1.75 bits per heavy atom. The minimum Gasteiger partial charge on any atom is -0.469 e. The molecule has 0 radical (unpaired) electrons. The van der Waals surface area contributed by atoms with Crippen LogP contribution in [0.3, 0.4) is 0 Å². The largest absolute Gasteiger partial charge is 0.469 e. The molecule has 1 fully saturated rings. The van der Waals surface area contributed by atoms with Crippen molar-refractivity contribution in [3.05, 3.63) is 35.5 Å². The van der Waals surface area contributed by atoms with Crippen LogP contribution in [0.2, 0.25) is 0 Å². The van der Waals surface area contributed by atoms with Gasteiger partial charge in [0, 0.05) is 22.9 Å². The fraction of sp³-hybridized carbons (Fsp3) is 0.500. The molecule has 7 nitrogen and oxygen atoms in total. The molecule has 3 rings (SSSR count). The summed E-state index contributed by atoms with van der Waals surface area (Å²) in [6.07, 6.45) is 1.93. The highest BCUT2D eigenvalue weighted by molar-refractivity contribution is 6.48. The van der Waals surface area contributed by atoms with Crippen LogP contribution in [-0.2, 0) is 23.6 Å². The third-order valence-corrected chi connectivity index (χ3v) is 5.75. The quantitative estimate of drug-likeness (QED) is 0.626. The van der Waals surface area contributed by atoms with E-state index in [0.29, 0.717) is 5.56 Å². The van der Waals surface area contributed by atoms with Gasteiger partial charge in [0.2, 0.25) is 0 Å². The lowest BCUT2D eigenvalue weighted by Crippen LogP contribution is -2.41. The topological polar surface area (TPSA) is 86.9 Å². The second-order valence-electron chi connectivity index (χ2n) is 8.01. The summed E-state index contributed by atoms with van der Waals surface area (Å²) in [7, 11) is 2.10. The maximum Gasteiger partial charge on any atom is 0.466 e. The number of carbonyl (C=O) groups is 2. The zero-order valence-corrected chi connectivity index (χ0v) is 17.1. The second-order valence-corrected chi connectivity index (χ2v) is 8.01. The Morgan fingerprint density at radius 1 is 1.11 bits per heavy atom. The molecule has 1 aromatic heterocycles. The lowest BCUT2D eigenvalue weighted by atomic mass is 9.66. The summed E-state index contributed by atoms with van der Waals surface area (Å²) in [5.74, 6) is -1.12. The highest BCUT2D eigenvalue weighted by atomic mass is 16.7. The smallest absolute Gasteiger partial charge is 0.466 e. The summed E-state index contributed by atoms with van der Waals surface area (Å²) in [4.78, 5) is 27.1. The number of aromatic nitrogens is 1. The van der Waals surface area contributed by atoms with Crippen LogP contribution in [0.15, 0.2) is 24.4 Å². The summed E-state index contributed by atoms with van der Waals surface area (Å²) in [6.45, 7) is 7.89. The van der Waals surface area contributed by atoms with Crippen molar-refractivity contribution in [2.24, 2.45) is 0 Å². The standard InChI is InChI=1S/C20H26BNO6/c1-19(2)20(3,4)28-21(27-19)15(10-17(23)25-5)14-11-22-16-9-12(18(24)26-6)7-8-13(14)16/h7-9,11,15,22H,10H2,1-6H3. The highest BCUT2D eigenvalue weighted by Gasteiger charge is 2.54. The number of hydrogen-bond donors (Lipinski definition) is 1. The van der Waals surface area contributed by atoms with Crippen LogP contribution in [0, 0.1) is 0 Å². The minimum absolute atomic E-state index is 0.110. The Morgan fingerprint density at radius 3 is 2.32 bits per heavy atom. The number of carbonyl (C=O) groups excluding carboxylic acids is 2. The normalized spacial score (nSPS) is 18.9. The number of hydrogen-bond acceptors (Lipinski definition) is 6. The number of benzene rings is 1. The van der Waals surface area contributed by atoms with Gasteiger partial charge in [-0.05, 0) is 45.4 Å². The first-order valence-corrected chi connectivity index (χ1v) is 9.21. The molecule has 1 saturated heterocycles. The van der Waals surface area contributed by atoms with E-state index < -0.39 is 24.3 Å². The molecular weight excluding hydrogens is 361 g/mol. The van der Waals surface area contributed by atoms with Gasteiger partial charge >= 0.3 is 19.1 Å². The van der Waals surface area contributed by atoms with Crippen molar-refractivity contribution in [1.82, 2.24) is 4.98 Å². The lowest BCUT2D eigenvalue weighted by Gasteiger charge is -2.32. The van der Waals surface area contributed by atoms with Crippen molar-refractivity contribution < 1.29 is 28.4 Å². The van der Waals surface area contributed by atoms with Crippen molar-refractivity contribution in [3.8, 4) is 0 Å². The van der Waals surface area contributed by atoms with Gasteiger partial charge < -0.3 is 23.8 Å². The Hall–Kier alpha value is -2.32. The van der Waals surface area contributed by atoms with E-state index in [1.807, 2.05) is 40.0 Å². The van der Waals surface area contributed by atoms with Crippen LogP contribution in [0.1, 0.15) is 55.9 Å². The third-order valence-electron chi connectivity index (χ3n) is 5.75. The van der Waals surface area contributed by atoms with Gasteiger partial charge in [-0.25, -0.2) is 4.79 Å². The molecule has 1 atom stereocenters. The molecule has 1 aliphatic heterocycles. The lowest BCUT2D eigenvalue weighted by molar-refractivity contribution is -0.140. The molecule has 0 spiro atoms. The Kier molecular flexibility index (Phi) is 5.29. The number of esters is 2. The van der Waals surface area contributed by atoms with Gasteiger partial charge in [0.1, 0.15) is 0 Å². The molecule has 0 aliphatic carbocycles. The van der Waals surface area contributed by atoms with Gasteiger partial charge in [-0.1, -0.05) is 6.07 Å². The van der Waals surface area contributed by atoms with E-state index in [-0.39, 0.29) is 18.2 Å². The summed E-state index contributed by atoms with van der Waals surface area (Å²) in [5.41, 5.74) is 1.05. The molecule has 2 aromatic rings. The molecule has 2 heterocycles. The minimum atomic E-state index is -0.608. The van der Waals surface area contributed by atoms with Crippen LogP contribution in [0.5, 0.6) is 0 Å². The number of ether oxygens (including phenoxy) is 2. The van der Waals surface area contributed by atoms with Gasteiger partial charge in [0.05, 0.1) is 37.4 Å². The monoisotopic (exact) mass is 387 g/mol. The van der Waals surface area contributed by atoms with Gasteiger partial charge in [-0.2, -0.15) is 0 Å². The van der Waals surface area contributed by atoms with Crippen molar-refractivity contribution in [2.75, 3.05) is 14.2 Å². The zero-order chi connectivity index (χ0) is 20.7. The molecule has 1 N–H and O–H groups in total. The van der Waals surface area contributed by atoms with Crippen LogP contribution in [-0.4, -0.2) is 49.5 Å². The molecule has 0 amide bonds. The van der Waals surface area contributed by atoms with Crippen molar-refractivity contribution >= 4 is 30.0 Å². The highest BCUT2D eigenvalue weighted by Crippen LogP contribution is 2.43. The molecule has 0 bridgehead atoms. The first kappa shape index (κ1) is 20.4. The molecule has 1 unspecified atom stereocenters. The van der Waals surface area contributed by atoms with Gasteiger partial charge in [0.15, 0.2) is 0 Å². The molecule has 8 heteroatoms. The number of methoxy groups -OCH3 is 2. The maximum atomic E-state index is 12.1. The van der Waals surface area contributed by atoms with E-state index in [0.717, 1.165) is 16.5 Å². The SMILES string of the molecule is COC(=O)CC(B1OC(C)(C)C(C)(C)O1)c1c[nH]c2cc(C(=O)OC)ccc12. The Bertz CT molecular complexity index is 887. The van der Waals surface area contributed by atoms with E-state index in [9.17, 15) is 9.59 Å². The fourth-order valence-corrected chi connectivity index (χ4v) is 3.37. The number of nitrogens with one attached hydrogen (secondary N) is 1. The van der Waals surface area contributed by atoms with Crippen LogP contribution >= 0.6 is 0 Å². The summed E-state index contributed by atoms with van der Waals surface area (Å²) < 4.78 is 22.1. The summed E-state index contributed by atoms with van der Waals surface area (Å²) in [6, 6.07) is 5.26. The van der Waals surface area contributed by atoms with E-state index in [2.05, 4.69) is 4.98 Å². The fourth-order valence-electron chi connectivity index (χ4n) is 3.37. The van der Waals surface area contributed by atoms with Gasteiger partial charge in [-0.3, -0.25) is 4.79 Å². The van der Waals surface area contributed by atoms with Gasteiger partial charge in [-0.15, -0.1) is 0 Å². The predicted octanol–water partition coefficient (Wildman–Crippen LogP) is 3.23. The third kappa shape index (κ3) is 3.54. The van der Waals surface area contributed by atoms with Crippen molar-refractivity contribution in [1.29, 1.82) is 0 Å². The van der Waals surface area contributed by atoms with E-state index in [1.165, 1.54) is 14.2 Å². The molecule has 1 aromatic carbocycles. The van der Waals surface area contributed by atoms with Crippen LogP contribution in [0.25, 0.3) is 10.9 Å². The average molecular weight is 387 g/mol. The van der Waals surface area contributed by atoms with Gasteiger partial charge in [0.25, 0.3) is 0 Å².